The molecule has 10 heteroatoms. The van der Waals surface area contributed by atoms with Gasteiger partial charge in [-0.05, 0) is 69.3 Å². The lowest BCUT2D eigenvalue weighted by molar-refractivity contribution is -0.138. The number of fused-ring (bicyclic) bond motifs is 1. The molecule has 35 heavy (non-hydrogen) atoms. The molecule has 3 aromatic heterocycles. The predicted molar refractivity (Wildman–Crippen MR) is 127 cm³/mol. The highest BCUT2D eigenvalue weighted by Gasteiger charge is 2.35. The van der Waals surface area contributed by atoms with Crippen molar-refractivity contribution in [3.05, 3.63) is 53.0 Å². The molecular weight excluding hydrogens is 455 g/mol. The van der Waals surface area contributed by atoms with Crippen LogP contribution >= 0.6 is 0 Å². The Bertz CT molecular complexity index is 1180. The minimum atomic E-state index is -4.40. The van der Waals surface area contributed by atoms with Crippen LogP contribution in [-0.4, -0.2) is 56.0 Å². The molecule has 0 aromatic carbocycles. The van der Waals surface area contributed by atoms with E-state index in [1.165, 1.54) is 23.4 Å². The molecule has 1 aliphatic heterocycles. The number of rotatable bonds is 5. The van der Waals surface area contributed by atoms with E-state index in [2.05, 4.69) is 25.2 Å². The van der Waals surface area contributed by atoms with Crippen molar-refractivity contribution in [2.24, 2.45) is 7.05 Å². The molecule has 0 radical (unpaired) electrons. The minimum absolute atomic E-state index is 0.0793. The summed E-state index contributed by atoms with van der Waals surface area (Å²) in [5.74, 6) is 0.968. The smallest absolute Gasteiger partial charge is 0.355 e. The highest BCUT2D eigenvalue weighted by molar-refractivity contribution is 5.65. The van der Waals surface area contributed by atoms with E-state index in [4.69, 9.17) is 0 Å². The zero-order valence-electron chi connectivity index (χ0n) is 20.1. The van der Waals surface area contributed by atoms with Gasteiger partial charge in [0.1, 0.15) is 5.69 Å². The molecule has 0 amide bonds. The van der Waals surface area contributed by atoms with Gasteiger partial charge in [0, 0.05) is 50.7 Å². The summed E-state index contributed by atoms with van der Waals surface area (Å²) < 4.78 is 42.0. The second kappa shape index (κ2) is 9.56. The van der Waals surface area contributed by atoms with Crippen molar-refractivity contribution in [2.75, 3.05) is 25.0 Å². The average molecular weight is 486 g/mol. The van der Waals surface area contributed by atoms with E-state index in [-0.39, 0.29) is 18.3 Å². The third-order valence-corrected chi connectivity index (χ3v) is 7.31. The number of aromatic nitrogens is 5. The number of alkyl halides is 3. The van der Waals surface area contributed by atoms with Gasteiger partial charge in [-0.15, -0.1) is 10.2 Å². The SMILES string of the molecule is CN(Cc1ncccc1C(F)(F)F)C1CCN(c2nnc(-c3ccnn3C)c3c2CCCC3)CC1. The maximum atomic E-state index is 13.4. The Balaban J connectivity index is 1.30. The summed E-state index contributed by atoms with van der Waals surface area (Å²) in [6.45, 7) is 1.78. The number of anilines is 1. The summed E-state index contributed by atoms with van der Waals surface area (Å²) in [5.41, 5.74) is 3.90. The first-order valence-corrected chi connectivity index (χ1v) is 12.2. The summed E-state index contributed by atoms with van der Waals surface area (Å²) in [5, 5.41) is 13.6. The van der Waals surface area contributed by atoms with E-state index in [1.54, 1.807) is 6.20 Å². The van der Waals surface area contributed by atoms with Crippen molar-refractivity contribution in [1.29, 1.82) is 0 Å². The van der Waals surface area contributed by atoms with Crippen LogP contribution in [0.4, 0.5) is 19.0 Å². The molecule has 4 heterocycles. The summed E-state index contributed by atoms with van der Waals surface area (Å²) in [6.07, 6.45) is 4.78. The maximum absolute atomic E-state index is 13.4. The van der Waals surface area contributed by atoms with E-state index in [1.807, 2.05) is 29.7 Å². The van der Waals surface area contributed by atoms with Gasteiger partial charge in [0.15, 0.2) is 5.82 Å². The molecule has 0 saturated carbocycles. The van der Waals surface area contributed by atoms with Gasteiger partial charge in [-0.1, -0.05) is 0 Å². The van der Waals surface area contributed by atoms with Crippen LogP contribution in [0.25, 0.3) is 11.4 Å². The van der Waals surface area contributed by atoms with E-state index in [0.29, 0.717) is 0 Å². The van der Waals surface area contributed by atoms with Crippen molar-refractivity contribution >= 4 is 5.82 Å². The van der Waals surface area contributed by atoms with Gasteiger partial charge in [0.25, 0.3) is 0 Å². The van der Waals surface area contributed by atoms with Gasteiger partial charge in [-0.3, -0.25) is 14.6 Å². The molecule has 2 aliphatic rings. The monoisotopic (exact) mass is 485 g/mol. The second-order valence-electron chi connectivity index (χ2n) is 9.51. The van der Waals surface area contributed by atoms with Crippen LogP contribution < -0.4 is 4.90 Å². The van der Waals surface area contributed by atoms with Gasteiger partial charge >= 0.3 is 6.18 Å². The molecule has 7 nitrogen and oxygen atoms in total. The standard InChI is InChI=1S/C25H30F3N7/c1-33(16-21-20(25(26,27)28)8-5-12-29-21)17-10-14-35(15-11-17)24-19-7-4-3-6-18(19)23(31-32-24)22-9-13-30-34(22)2/h5,8-9,12-13,17H,3-4,6-7,10-11,14-16H2,1-2H3. The van der Waals surface area contributed by atoms with Crippen LogP contribution in [0, 0.1) is 0 Å². The first-order chi connectivity index (χ1) is 16.8. The first kappa shape index (κ1) is 23.7. The maximum Gasteiger partial charge on any atom is 0.418 e. The molecule has 0 atom stereocenters. The Kier molecular flexibility index (Phi) is 6.48. The number of hydrogen-bond acceptors (Lipinski definition) is 6. The number of nitrogens with zero attached hydrogens (tertiary/aromatic N) is 7. The second-order valence-corrected chi connectivity index (χ2v) is 9.51. The number of piperidine rings is 1. The fourth-order valence-corrected chi connectivity index (χ4v) is 5.40. The number of pyridine rings is 1. The van der Waals surface area contributed by atoms with Gasteiger partial charge in [0.2, 0.25) is 0 Å². The molecule has 0 unspecified atom stereocenters. The Morgan fingerprint density at radius 1 is 1.03 bits per heavy atom. The van der Waals surface area contributed by atoms with Crippen LogP contribution in [0.1, 0.15) is 48.1 Å². The highest BCUT2D eigenvalue weighted by atomic mass is 19.4. The predicted octanol–water partition coefficient (Wildman–Crippen LogP) is 4.27. The van der Waals surface area contributed by atoms with Crippen LogP contribution in [0.5, 0.6) is 0 Å². The summed E-state index contributed by atoms with van der Waals surface area (Å²) in [4.78, 5) is 8.33. The van der Waals surface area contributed by atoms with Gasteiger partial charge in [-0.2, -0.15) is 18.3 Å². The lowest BCUT2D eigenvalue weighted by atomic mass is 9.89. The first-order valence-electron chi connectivity index (χ1n) is 12.2. The fourth-order valence-electron chi connectivity index (χ4n) is 5.40. The molecule has 1 aliphatic carbocycles. The Hall–Kier alpha value is -3.01. The molecule has 0 spiro atoms. The lowest BCUT2D eigenvalue weighted by Crippen LogP contribution is -2.44. The third-order valence-electron chi connectivity index (χ3n) is 7.31. The van der Waals surface area contributed by atoms with Crippen LogP contribution in [0.2, 0.25) is 0 Å². The normalized spacial score (nSPS) is 17.1. The molecule has 1 fully saturated rings. The molecule has 186 valence electrons. The van der Waals surface area contributed by atoms with Gasteiger partial charge in [-0.25, -0.2) is 0 Å². The Morgan fingerprint density at radius 2 is 1.77 bits per heavy atom. The fraction of sp³-hybridized carbons (Fsp3) is 0.520. The van der Waals surface area contributed by atoms with E-state index >= 15 is 0 Å². The van der Waals surface area contributed by atoms with Gasteiger partial charge in [0.05, 0.1) is 17.0 Å². The Labute approximate surface area is 203 Å². The topological polar surface area (TPSA) is 63.0 Å². The minimum Gasteiger partial charge on any atom is -0.355 e. The molecule has 0 bridgehead atoms. The van der Waals surface area contributed by atoms with Gasteiger partial charge < -0.3 is 4.90 Å². The Morgan fingerprint density at radius 3 is 2.46 bits per heavy atom. The van der Waals surface area contributed by atoms with Crippen LogP contribution in [-0.2, 0) is 32.6 Å². The average Bonchev–Trinajstić information content (AvgIpc) is 3.28. The van der Waals surface area contributed by atoms with Crippen LogP contribution in [0.3, 0.4) is 0 Å². The van der Waals surface area contributed by atoms with Crippen molar-refractivity contribution in [3.63, 3.8) is 0 Å². The number of halogens is 3. The third kappa shape index (κ3) is 4.76. The molecule has 1 saturated heterocycles. The van der Waals surface area contributed by atoms with E-state index in [9.17, 15) is 13.2 Å². The van der Waals surface area contributed by atoms with Crippen molar-refractivity contribution in [1.82, 2.24) is 29.9 Å². The summed E-state index contributed by atoms with van der Waals surface area (Å²) >= 11 is 0. The molecule has 5 rings (SSSR count). The largest absolute Gasteiger partial charge is 0.418 e. The molecule has 3 aromatic rings. The summed E-state index contributed by atoms with van der Waals surface area (Å²) in [6, 6.07) is 4.61. The lowest BCUT2D eigenvalue weighted by Gasteiger charge is -2.38. The zero-order valence-corrected chi connectivity index (χ0v) is 20.1. The molecular formula is C25H30F3N7. The van der Waals surface area contributed by atoms with E-state index in [0.717, 1.165) is 74.9 Å². The zero-order chi connectivity index (χ0) is 24.6. The number of aryl methyl sites for hydroxylation is 1. The van der Waals surface area contributed by atoms with E-state index < -0.39 is 11.7 Å². The van der Waals surface area contributed by atoms with Crippen molar-refractivity contribution in [3.8, 4) is 11.4 Å². The quantitative estimate of drug-likeness (QED) is 0.538. The van der Waals surface area contributed by atoms with Crippen molar-refractivity contribution in [2.45, 2.75) is 57.3 Å². The van der Waals surface area contributed by atoms with Crippen LogP contribution in [0.15, 0.2) is 30.6 Å². The number of hydrogen-bond donors (Lipinski definition) is 0. The summed E-state index contributed by atoms with van der Waals surface area (Å²) in [7, 11) is 3.81. The van der Waals surface area contributed by atoms with Crippen molar-refractivity contribution < 1.29 is 13.2 Å². The molecule has 0 N–H and O–H groups in total. The highest BCUT2D eigenvalue weighted by Crippen LogP contribution is 2.36.